The summed E-state index contributed by atoms with van der Waals surface area (Å²) in [6.07, 6.45) is 0.0574. The zero-order valence-electron chi connectivity index (χ0n) is 19.1. The van der Waals surface area contributed by atoms with Crippen LogP contribution in [0.25, 0.3) is 33.3 Å². The molecule has 0 saturated carbocycles. The minimum Gasteiger partial charge on any atom is -0.456 e. The highest BCUT2D eigenvalue weighted by molar-refractivity contribution is 5.94. The number of hydrogen-bond acceptors (Lipinski definition) is 6. The molecule has 2 N–H and O–H groups in total. The van der Waals surface area contributed by atoms with Crippen molar-refractivity contribution < 1.29 is 18.7 Å². The number of furan rings is 1. The lowest BCUT2D eigenvalue weighted by Gasteiger charge is -2.11. The summed E-state index contributed by atoms with van der Waals surface area (Å²) in [5.74, 6) is 1.56. The predicted molar refractivity (Wildman–Crippen MR) is 133 cm³/mol. The van der Waals surface area contributed by atoms with Gasteiger partial charge in [0, 0.05) is 35.7 Å². The summed E-state index contributed by atoms with van der Waals surface area (Å²) >= 11 is 0. The molecule has 0 unspecified atom stereocenters. The fraction of sp³-hybridized carbons (Fsp3) is 0.148. The third-order valence-electron chi connectivity index (χ3n) is 6.20. The normalized spacial score (nSPS) is 12.3. The van der Waals surface area contributed by atoms with Crippen molar-refractivity contribution >= 4 is 27.9 Å². The van der Waals surface area contributed by atoms with Gasteiger partial charge in [-0.05, 0) is 18.2 Å². The molecule has 0 radical (unpaired) electrons. The van der Waals surface area contributed by atoms with E-state index >= 15 is 0 Å². The van der Waals surface area contributed by atoms with E-state index in [-0.39, 0.29) is 32.2 Å². The van der Waals surface area contributed by atoms with Crippen LogP contribution in [0.15, 0.2) is 80.7 Å². The molecule has 6 rings (SSSR count). The molecule has 0 aliphatic carbocycles. The minimum absolute atomic E-state index is 0.0574. The van der Waals surface area contributed by atoms with Crippen LogP contribution in [-0.4, -0.2) is 28.8 Å². The molecule has 0 fully saturated rings. The van der Waals surface area contributed by atoms with Crippen molar-refractivity contribution in [3.8, 4) is 22.8 Å². The molecule has 0 spiro atoms. The standard InChI is InChI=1S/C27H21N3O6/c31-24(28-10-11-30-20-9-5-4-8-19(20)29-26(32)27(30)33)13-18-17-12-22-23(35-15-34-22)14-21(17)36-25(18)16-6-2-1-3-7-16/h1-9,12,14H,10-11,13,15H2,(H,28,31)(H,29,32). The van der Waals surface area contributed by atoms with Crippen molar-refractivity contribution in [2.75, 3.05) is 13.3 Å². The third kappa shape index (κ3) is 3.80. The maximum atomic E-state index is 13.0. The highest BCUT2D eigenvalue weighted by Crippen LogP contribution is 2.41. The summed E-state index contributed by atoms with van der Waals surface area (Å²) in [6.45, 7) is 0.472. The SMILES string of the molecule is O=C(Cc1c(-c2ccccc2)oc2cc3c(cc12)OCO3)NCCn1c(=O)c(=O)[nH]c2ccccc21. The maximum absolute atomic E-state index is 13.0. The van der Waals surface area contributed by atoms with Gasteiger partial charge in [-0.3, -0.25) is 14.4 Å². The van der Waals surface area contributed by atoms with Crippen molar-refractivity contribution in [1.82, 2.24) is 14.9 Å². The summed E-state index contributed by atoms with van der Waals surface area (Å²) in [4.78, 5) is 40.1. The number of aromatic amines is 1. The van der Waals surface area contributed by atoms with Crippen LogP contribution in [0.4, 0.5) is 0 Å². The zero-order valence-corrected chi connectivity index (χ0v) is 19.1. The lowest BCUT2D eigenvalue weighted by atomic mass is 10.0. The Hall–Kier alpha value is -4.79. The molecule has 1 aliphatic heterocycles. The lowest BCUT2D eigenvalue weighted by Crippen LogP contribution is -2.39. The van der Waals surface area contributed by atoms with E-state index in [0.29, 0.717) is 33.9 Å². The number of hydrogen-bond donors (Lipinski definition) is 2. The number of nitrogens with one attached hydrogen (secondary N) is 2. The van der Waals surface area contributed by atoms with Gasteiger partial charge in [0.05, 0.1) is 17.5 Å². The molecule has 36 heavy (non-hydrogen) atoms. The van der Waals surface area contributed by atoms with Crippen molar-refractivity contribution in [2.24, 2.45) is 0 Å². The molecule has 0 saturated heterocycles. The number of para-hydroxylation sites is 2. The van der Waals surface area contributed by atoms with E-state index in [9.17, 15) is 14.4 Å². The van der Waals surface area contributed by atoms with Crippen LogP contribution in [0.2, 0.25) is 0 Å². The molecule has 9 nitrogen and oxygen atoms in total. The quantitative estimate of drug-likeness (QED) is 0.359. The predicted octanol–water partition coefficient (Wildman–Crippen LogP) is 3.19. The molecule has 1 amide bonds. The summed E-state index contributed by atoms with van der Waals surface area (Å²) < 4.78 is 18.5. The van der Waals surface area contributed by atoms with Gasteiger partial charge in [-0.25, -0.2) is 0 Å². The molecular formula is C27H21N3O6. The highest BCUT2D eigenvalue weighted by atomic mass is 16.7. The topological polar surface area (TPSA) is 116 Å². The zero-order chi connectivity index (χ0) is 24.6. The molecular weight excluding hydrogens is 462 g/mol. The summed E-state index contributed by atoms with van der Waals surface area (Å²) in [7, 11) is 0. The van der Waals surface area contributed by atoms with Gasteiger partial charge in [0.1, 0.15) is 11.3 Å². The molecule has 5 aromatic rings. The maximum Gasteiger partial charge on any atom is 0.316 e. The molecule has 3 aromatic carbocycles. The number of aromatic nitrogens is 2. The summed E-state index contributed by atoms with van der Waals surface area (Å²) in [5, 5.41) is 3.64. The number of fused-ring (bicyclic) bond motifs is 3. The Bertz CT molecular complexity index is 1730. The van der Waals surface area contributed by atoms with Crippen LogP contribution in [0, 0.1) is 0 Å². The van der Waals surface area contributed by atoms with Crippen LogP contribution < -0.4 is 25.9 Å². The van der Waals surface area contributed by atoms with Gasteiger partial charge in [-0.2, -0.15) is 0 Å². The second kappa shape index (κ2) is 8.77. The van der Waals surface area contributed by atoms with Crippen LogP contribution >= 0.6 is 0 Å². The van der Waals surface area contributed by atoms with E-state index in [1.807, 2.05) is 36.4 Å². The number of H-pyrrole nitrogens is 1. The Balaban J connectivity index is 1.27. The number of amides is 1. The Labute approximate surface area is 203 Å². The van der Waals surface area contributed by atoms with Gasteiger partial charge in [0.15, 0.2) is 11.5 Å². The first-order valence-corrected chi connectivity index (χ1v) is 11.5. The molecule has 0 bridgehead atoms. The average Bonchev–Trinajstić information content (AvgIpc) is 3.49. The summed E-state index contributed by atoms with van der Waals surface area (Å²) in [5.41, 5.74) is 1.97. The molecule has 1 aliphatic rings. The number of carbonyl (C=O) groups excluding carboxylic acids is 1. The molecule has 0 atom stereocenters. The van der Waals surface area contributed by atoms with Crippen molar-refractivity contribution in [3.63, 3.8) is 0 Å². The third-order valence-corrected chi connectivity index (χ3v) is 6.20. The van der Waals surface area contributed by atoms with Crippen molar-refractivity contribution in [1.29, 1.82) is 0 Å². The Morgan fingerprint density at radius 2 is 1.72 bits per heavy atom. The van der Waals surface area contributed by atoms with Gasteiger partial charge >= 0.3 is 11.1 Å². The van der Waals surface area contributed by atoms with Crippen LogP contribution in [0.1, 0.15) is 5.56 Å². The Morgan fingerprint density at radius 3 is 2.56 bits per heavy atom. The van der Waals surface area contributed by atoms with E-state index in [1.165, 1.54) is 4.57 Å². The first kappa shape index (κ1) is 21.7. The monoisotopic (exact) mass is 483 g/mol. The lowest BCUT2D eigenvalue weighted by molar-refractivity contribution is -0.120. The first-order valence-electron chi connectivity index (χ1n) is 11.5. The van der Waals surface area contributed by atoms with Gasteiger partial charge in [-0.1, -0.05) is 42.5 Å². The van der Waals surface area contributed by atoms with E-state index in [2.05, 4.69) is 10.3 Å². The minimum atomic E-state index is -0.698. The second-order valence-electron chi connectivity index (χ2n) is 8.43. The van der Waals surface area contributed by atoms with Crippen LogP contribution in [0.3, 0.4) is 0 Å². The molecule has 2 aromatic heterocycles. The molecule has 180 valence electrons. The van der Waals surface area contributed by atoms with Crippen LogP contribution in [0.5, 0.6) is 11.5 Å². The van der Waals surface area contributed by atoms with Gasteiger partial charge in [0.25, 0.3) is 0 Å². The number of nitrogens with zero attached hydrogens (tertiary/aromatic N) is 1. The first-order chi connectivity index (χ1) is 17.6. The van der Waals surface area contributed by atoms with Gasteiger partial charge in [0.2, 0.25) is 12.7 Å². The van der Waals surface area contributed by atoms with Crippen LogP contribution in [-0.2, 0) is 17.8 Å². The Kier molecular flexibility index (Phi) is 5.29. The van der Waals surface area contributed by atoms with Crippen molar-refractivity contribution in [3.05, 3.63) is 93.0 Å². The second-order valence-corrected chi connectivity index (χ2v) is 8.43. The number of rotatable bonds is 6. The smallest absolute Gasteiger partial charge is 0.316 e. The van der Waals surface area contributed by atoms with E-state index in [4.69, 9.17) is 13.9 Å². The number of carbonyl (C=O) groups is 1. The average molecular weight is 483 g/mol. The largest absolute Gasteiger partial charge is 0.456 e. The van der Waals surface area contributed by atoms with Gasteiger partial charge in [-0.15, -0.1) is 0 Å². The number of benzene rings is 3. The van der Waals surface area contributed by atoms with E-state index < -0.39 is 11.1 Å². The number of ether oxygens (including phenoxy) is 2. The van der Waals surface area contributed by atoms with E-state index in [1.54, 1.807) is 30.3 Å². The fourth-order valence-corrected chi connectivity index (χ4v) is 4.51. The van der Waals surface area contributed by atoms with E-state index in [0.717, 1.165) is 16.5 Å². The summed E-state index contributed by atoms with van der Waals surface area (Å²) in [6, 6.07) is 20.2. The Morgan fingerprint density at radius 1 is 0.972 bits per heavy atom. The fourth-order valence-electron chi connectivity index (χ4n) is 4.51. The van der Waals surface area contributed by atoms with Gasteiger partial charge < -0.3 is 28.8 Å². The molecule has 3 heterocycles. The van der Waals surface area contributed by atoms with Crippen molar-refractivity contribution in [2.45, 2.75) is 13.0 Å². The highest BCUT2D eigenvalue weighted by Gasteiger charge is 2.23. The molecule has 9 heteroatoms.